The van der Waals surface area contributed by atoms with E-state index in [1.807, 2.05) is 0 Å². The van der Waals surface area contributed by atoms with Crippen LogP contribution in [0.4, 0.5) is 0 Å². The molecule has 0 amide bonds. The summed E-state index contributed by atoms with van der Waals surface area (Å²) in [6.07, 6.45) is 4.56. The van der Waals surface area contributed by atoms with E-state index >= 15 is 0 Å². The van der Waals surface area contributed by atoms with E-state index in [0.717, 1.165) is 0 Å². The fourth-order valence-corrected chi connectivity index (χ4v) is 1.26. The topological polar surface area (TPSA) is 105 Å². The molecule has 0 fully saturated rings. The van der Waals surface area contributed by atoms with E-state index in [1.54, 1.807) is 12.2 Å². The van der Waals surface area contributed by atoms with Gasteiger partial charge in [-0.2, -0.15) is 0 Å². The molecule has 0 spiro atoms. The third kappa shape index (κ3) is 10.3. The molecule has 0 aromatic rings. The van der Waals surface area contributed by atoms with Crippen LogP contribution in [0.5, 0.6) is 0 Å². The summed E-state index contributed by atoms with van der Waals surface area (Å²) < 4.78 is 9.77. The fraction of sp³-hybridized carbons (Fsp3) is 0.571. The van der Waals surface area contributed by atoms with Gasteiger partial charge in [0.05, 0.1) is 0 Å². The van der Waals surface area contributed by atoms with Gasteiger partial charge in [-0.25, -0.2) is 0 Å². The Hall–Kier alpha value is -1.66. The van der Waals surface area contributed by atoms with E-state index in [0.29, 0.717) is 12.8 Å². The second-order valence-electron chi connectivity index (χ2n) is 4.32. The minimum absolute atomic E-state index is 0.0431. The monoisotopic (exact) mass is 284 g/mol. The first-order valence-electron chi connectivity index (χ1n) is 6.57. The molecule has 6 heteroatoms. The van der Waals surface area contributed by atoms with Crippen LogP contribution in [0.25, 0.3) is 0 Å². The predicted molar refractivity (Wildman–Crippen MR) is 76.7 cm³/mol. The molecule has 0 aliphatic rings. The van der Waals surface area contributed by atoms with Crippen molar-refractivity contribution in [3.8, 4) is 0 Å². The van der Waals surface area contributed by atoms with Gasteiger partial charge in [0.25, 0.3) is 0 Å². The van der Waals surface area contributed by atoms with Crippen LogP contribution in [0.1, 0.15) is 25.7 Å². The lowest BCUT2D eigenvalue weighted by atomic mass is 10.2. The van der Waals surface area contributed by atoms with Crippen molar-refractivity contribution >= 4 is 11.9 Å². The predicted octanol–water partition coefficient (Wildman–Crippen LogP) is 0.660. The van der Waals surface area contributed by atoms with E-state index in [-0.39, 0.29) is 50.1 Å². The van der Waals surface area contributed by atoms with Crippen molar-refractivity contribution < 1.29 is 19.1 Å². The van der Waals surface area contributed by atoms with Crippen molar-refractivity contribution in [2.24, 2.45) is 11.5 Å². The molecule has 0 rings (SSSR count). The van der Waals surface area contributed by atoms with Crippen molar-refractivity contribution in [3.05, 3.63) is 25.3 Å². The number of esters is 2. The molecule has 0 aromatic carbocycles. The average Bonchev–Trinajstić information content (AvgIpc) is 2.46. The Morgan fingerprint density at radius 2 is 1.25 bits per heavy atom. The Morgan fingerprint density at radius 1 is 0.900 bits per heavy atom. The minimum Gasteiger partial charge on any atom is -0.462 e. The number of carbonyl (C=O) groups excluding carboxylic acids is 2. The summed E-state index contributed by atoms with van der Waals surface area (Å²) in [7, 11) is 0. The highest BCUT2D eigenvalue weighted by Gasteiger charge is 2.08. The number of carbonyl (C=O) groups is 2. The maximum absolute atomic E-state index is 11.3. The molecule has 0 aliphatic heterocycles. The largest absolute Gasteiger partial charge is 0.462 e. The van der Waals surface area contributed by atoms with Gasteiger partial charge in [-0.1, -0.05) is 12.2 Å². The Kier molecular flexibility index (Phi) is 10.3. The summed E-state index contributed by atoms with van der Waals surface area (Å²) in [6, 6.07) is -0.427. The van der Waals surface area contributed by atoms with Crippen molar-refractivity contribution in [2.45, 2.75) is 37.8 Å². The van der Waals surface area contributed by atoms with Crippen LogP contribution in [0.15, 0.2) is 25.3 Å². The maximum atomic E-state index is 11.3. The normalized spacial score (nSPS) is 13.1. The van der Waals surface area contributed by atoms with Crippen molar-refractivity contribution in [3.63, 3.8) is 0 Å². The molecule has 114 valence electrons. The number of hydrogen-bond acceptors (Lipinski definition) is 6. The molecule has 0 radical (unpaired) electrons. The molecule has 0 heterocycles. The van der Waals surface area contributed by atoms with Gasteiger partial charge < -0.3 is 20.9 Å². The Morgan fingerprint density at radius 3 is 1.55 bits per heavy atom. The van der Waals surface area contributed by atoms with Crippen LogP contribution in [0.2, 0.25) is 0 Å². The second-order valence-corrected chi connectivity index (χ2v) is 4.32. The number of rotatable bonds is 11. The molecule has 0 aliphatic carbocycles. The lowest BCUT2D eigenvalue weighted by Gasteiger charge is -2.08. The summed E-state index contributed by atoms with van der Waals surface area (Å²) in [5, 5.41) is 0. The van der Waals surface area contributed by atoms with Crippen LogP contribution in [0.3, 0.4) is 0 Å². The van der Waals surface area contributed by atoms with Gasteiger partial charge in [-0.15, -0.1) is 13.2 Å². The van der Waals surface area contributed by atoms with E-state index in [1.165, 1.54) is 0 Å². The molecule has 6 nitrogen and oxygen atoms in total. The van der Waals surface area contributed by atoms with Gasteiger partial charge in [0.1, 0.15) is 13.2 Å². The SMILES string of the molecule is C=CC(N)CCC(=O)OCCOC(=O)CCC(N)C=C. The number of nitrogens with two attached hydrogens (primary N) is 2. The molecule has 0 saturated heterocycles. The van der Waals surface area contributed by atoms with Gasteiger partial charge in [0.2, 0.25) is 0 Å². The highest BCUT2D eigenvalue weighted by molar-refractivity contribution is 5.70. The highest BCUT2D eigenvalue weighted by atomic mass is 16.6. The summed E-state index contributed by atoms with van der Waals surface area (Å²) in [5.41, 5.74) is 11.1. The third-order valence-corrected chi connectivity index (χ3v) is 2.58. The highest BCUT2D eigenvalue weighted by Crippen LogP contribution is 1.99. The van der Waals surface area contributed by atoms with E-state index in [4.69, 9.17) is 20.9 Å². The van der Waals surface area contributed by atoms with E-state index in [9.17, 15) is 9.59 Å². The minimum atomic E-state index is -0.368. The van der Waals surface area contributed by atoms with Gasteiger partial charge in [-0.05, 0) is 12.8 Å². The van der Waals surface area contributed by atoms with Crippen LogP contribution >= 0.6 is 0 Å². The zero-order valence-corrected chi connectivity index (χ0v) is 11.8. The first-order chi connectivity index (χ1) is 9.49. The first kappa shape index (κ1) is 18.3. The fourth-order valence-electron chi connectivity index (χ4n) is 1.26. The Bertz CT molecular complexity index is 299. The Labute approximate surface area is 119 Å². The van der Waals surface area contributed by atoms with Crippen molar-refractivity contribution in [2.75, 3.05) is 13.2 Å². The van der Waals surface area contributed by atoms with Gasteiger partial charge in [0, 0.05) is 24.9 Å². The van der Waals surface area contributed by atoms with E-state index in [2.05, 4.69) is 13.2 Å². The quantitative estimate of drug-likeness (QED) is 0.328. The van der Waals surface area contributed by atoms with Crippen molar-refractivity contribution in [1.82, 2.24) is 0 Å². The van der Waals surface area contributed by atoms with Gasteiger partial charge >= 0.3 is 11.9 Å². The number of hydrogen-bond donors (Lipinski definition) is 2. The van der Waals surface area contributed by atoms with Crippen molar-refractivity contribution in [1.29, 1.82) is 0 Å². The molecule has 2 atom stereocenters. The summed E-state index contributed by atoms with van der Waals surface area (Å²) >= 11 is 0. The van der Waals surface area contributed by atoms with Gasteiger partial charge in [-0.3, -0.25) is 9.59 Å². The maximum Gasteiger partial charge on any atom is 0.305 e. The molecule has 4 N–H and O–H groups in total. The zero-order valence-electron chi connectivity index (χ0n) is 11.8. The molecule has 20 heavy (non-hydrogen) atoms. The zero-order chi connectivity index (χ0) is 15.4. The average molecular weight is 284 g/mol. The molecule has 2 unspecified atom stereocenters. The summed E-state index contributed by atoms with van der Waals surface area (Å²) in [5.74, 6) is -0.737. The summed E-state index contributed by atoms with van der Waals surface area (Å²) in [6.45, 7) is 7.13. The first-order valence-corrected chi connectivity index (χ1v) is 6.57. The lowest BCUT2D eigenvalue weighted by molar-refractivity contribution is -0.152. The molecule has 0 bridgehead atoms. The van der Waals surface area contributed by atoms with Crippen LogP contribution in [-0.2, 0) is 19.1 Å². The van der Waals surface area contributed by atoms with Crippen LogP contribution < -0.4 is 11.5 Å². The summed E-state index contributed by atoms with van der Waals surface area (Å²) in [4.78, 5) is 22.6. The smallest absolute Gasteiger partial charge is 0.305 e. The standard InChI is InChI=1S/C14H24N2O4/c1-3-11(15)5-7-13(17)19-9-10-20-14(18)8-6-12(16)4-2/h3-4,11-12H,1-2,5-10,15-16H2. The molecular weight excluding hydrogens is 260 g/mol. The van der Waals surface area contributed by atoms with Crippen LogP contribution in [-0.4, -0.2) is 37.2 Å². The molecular formula is C14H24N2O4. The van der Waals surface area contributed by atoms with Gasteiger partial charge in [0.15, 0.2) is 0 Å². The number of ether oxygens (including phenoxy) is 2. The third-order valence-electron chi connectivity index (χ3n) is 2.58. The van der Waals surface area contributed by atoms with Crippen LogP contribution in [0, 0.1) is 0 Å². The molecule has 0 saturated carbocycles. The lowest BCUT2D eigenvalue weighted by Crippen LogP contribution is -2.20. The molecule has 0 aromatic heterocycles. The van der Waals surface area contributed by atoms with E-state index < -0.39 is 0 Å². The second kappa shape index (κ2) is 11.2. The Balaban J connectivity index is 3.55.